The van der Waals surface area contributed by atoms with Gasteiger partial charge in [-0.25, -0.2) is 13.1 Å². The van der Waals surface area contributed by atoms with E-state index in [-0.39, 0.29) is 10.8 Å². The molecular weight excluding hydrogens is 565 g/mol. The molecule has 0 saturated heterocycles. The molecule has 0 aliphatic heterocycles. The minimum Gasteiger partial charge on any atom is -0.361 e. The average molecular weight is 609 g/mol. The lowest BCUT2D eigenvalue weighted by molar-refractivity contribution is 0.138. The Morgan fingerprint density at radius 1 is 0.886 bits per heavy atom. The third kappa shape index (κ3) is 6.27. The molecule has 3 N–H and O–H groups in total. The van der Waals surface area contributed by atoms with E-state index < -0.39 is 10.0 Å². The molecule has 2 aliphatic carbocycles. The molecule has 230 valence electrons. The van der Waals surface area contributed by atoms with E-state index in [0.717, 1.165) is 50.5 Å². The van der Waals surface area contributed by atoms with Crippen LogP contribution in [0.3, 0.4) is 0 Å². The molecule has 7 rings (SSSR count). The number of rotatable bonds is 8. The summed E-state index contributed by atoms with van der Waals surface area (Å²) in [6.45, 7) is 0.437. The Bertz CT molecular complexity index is 1800. The highest BCUT2D eigenvalue weighted by Crippen LogP contribution is 2.43. The van der Waals surface area contributed by atoms with E-state index in [1.807, 2.05) is 18.3 Å². The van der Waals surface area contributed by atoms with Crippen LogP contribution < -0.4 is 4.72 Å². The summed E-state index contributed by atoms with van der Waals surface area (Å²) < 4.78 is 28.4. The molecule has 0 spiro atoms. The number of hydrogen-bond acceptors (Lipinski definition) is 3. The summed E-state index contributed by atoms with van der Waals surface area (Å²) in [6, 6.07) is 29.5. The van der Waals surface area contributed by atoms with Crippen LogP contribution in [0.25, 0.3) is 27.4 Å². The van der Waals surface area contributed by atoms with Gasteiger partial charge in [0.25, 0.3) is 0 Å². The van der Waals surface area contributed by atoms with Crippen molar-refractivity contribution >= 4 is 37.4 Å². The van der Waals surface area contributed by atoms with Crippen LogP contribution in [0, 0.1) is 0 Å². The fraction of sp³-hybridized carbons (Fsp3) is 0.351. The van der Waals surface area contributed by atoms with Crippen molar-refractivity contribution < 1.29 is 8.42 Å². The molecule has 2 aromatic heterocycles. The van der Waals surface area contributed by atoms with Crippen LogP contribution in [-0.4, -0.2) is 49.2 Å². The van der Waals surface area contributed by atoms with E-state index >= 15 is 0 Å². The Hall–Kier alpha value is -3.65. The van der Waals surface area contributed by atoms with Crippen LogP contribution in [0.1, 0.15) is 61.8 Å². The highest BCUT2D eigenvalue weighted by molar-refractivity contribution is 7.90. The van der Waals surface area contributed by atoms with Crippen LogP contribution in [0.2, 0.25) is 0 Å². The first-order chi connectivity index (χ1) is 21.4. The number of nitrogens with one attached hydrogen (secondary N) is 3. The second-order valence-electron chi connectivity index (χ2n) is 12.4. The van der Waals surface area contributed by atoms with Crippen molar-refractivity contribution in [3.63, 3.8) is 0 Å². The van der Waals surface area contributed by atoms with E-state index in [0.29, 0.717) is 13.0 Å². The monoisotopic (exact) mass is 608 g/mol. The molecule has 3 aromatic carbocycles. The number of nitrogens with zero attached hydrogens (tertiary/aromatic N) is 1. The second kappa shape index (κ2) is 13.1. The summed E-state index contributed by atoms with van der Waals surface area (Å²) in [7, 11) is 1.11. The first-order valence-electron chi connectivity index (χ1n) is 15.9. The Morgan fingerprint density at radius 3 is 2.30 bits per heavy atom. The van der Waals surface area contributed by atoms with Gasteiger partial charge in [-0.15, -0.1) is 0 Å². The van der Waals surface area contributed by atoms with E-state index in [1.54, 1.807) is 0 Å². The molecule has 1 atom stereocenters. The number of sulfonamides is 1. The number of allylic oxidation sites excluding steroid dienone is 1. The largest absolute Gasteiger partial charge is 0.361 e. The predicted molar refractivity (Wildman–Crippen MR) is 183 cm³/mol. The molecule has 1 unspecified atom stereocenters. The molecule has 0 radical (unpaired) electrons. The van der Waals surface area contributed by atoms with Gasteiger partial charge in [-0.2, -0.15) is 0 Å². The standard InChI is InChI=1S/C29H37N3O2S.C8H7N/c1-32(2)29(23-10-4-3-5-11-23)19-16-22(17-20-29)28-26(25-14-8-9-15-27(25)31-28)18-21-30-35(33,34)24-12-6-7-13-24;1-2-4-8-7(3-1)5-6-9-8/h3-5,8-11,14-16,24,30-31H,6-7,12-13,17-21H2,1-2H3;1-6,9H. The van der Waals surface area contributed by atoms with E-state index in [4.69, 9.17) is 0 Å². The number of para-hydroxylation sites is 2. The average Bonchev–Trinajstić information content (AvgIpc) is 3.83. The van der Waals surface area contributed by atoms with Gasteiger partial charge in [0, 0.05) is 40.4 Å². The Kier molecular flexibility index (Phi) is 9.08. The number of hydrogen-bond donors (Lipinski definition) is 3. The number of H-pyrrole nitrogens is 2. The molecule has 0 amide bonds. The van der Waals surface area contributed by atoms with Gasteiger partial charge < -0.3 is 9.97 Å². The van der Waals surface area contributed by atoms with Gasteiger partial charge >= 0.3 is 0 Å². The van der Waals surface area contributed by atoms with Gasteiger partial charge in [0.15, 0.2) is 0 Å². The number of aromatic amines is 2. The first kappa shape index (κ1) is 30.4. The maximum atomic E-state index is 12.7. The molecule has 2 heterocycles. The molecule has 5 aromatic rings. The van der Waals surface area contributed by atoms with Crippen LogP contribution in [-0.2, 0) is 22.0 Å². The third-order valence-electron chi connectivity index (χ3n) is 9.68. The fourth-order valence-electron chi connectivity index (χ4n) is 7.10. The summed E-state index contributed by atoms with van der Waals surface area (Å²) in [5.41, 5.74) is 7.40. The molecule has 6 nitrogen and oxygen atoms in total. The maximum Gasteiger partial charge on any atom is 0.214 e. The number of fused-ring (bicyclic) bond motifs is 2. The Labute approximate surface area is 261 Å². The maximum absolute atomic E-state index is 12.7. The SMILES string of the molecule is CN(C)C1(c2ccccc2)CC=C(c2[nH]c3ccccc3c2CCNS(=O)(=O)C2CCCC2)CC1.c1ccc2[nH]ccc2c1. The fourth-order valence-corrected chi connectivity index (χ4v) is 8.68. The summed E-state index contributed by atoms with van der Waals surface area (Å²) in [4.78, 5) is 9.15. The number of benzene rings is 3. The van der Waals surface area contributed by atoms with Crippen molar-refractivity contribution in [2.24, 2.45) is 0 Å². The van der Waals surface area contributed by atoms with Crippen LogP contribution in [0.15, 0.2) is 97.2 Å². The van der Waals surface area contributed by atoms with Crippen molar-refractivity contribution in [3.05, 3.63) is 114 Å². The topological polar surface area (TPSA) is 81.0 Å². The summed E-state index contributed by atoms with van der Waals surface area (Å²) in [5, 5.41) is 2.25. The van der Waals surface area contributed by atoms with E-state index in [9.17, 15) is 8.42 Å². The van der Waals surface area contributed by atoms with Crippen molar-refractivity contribution in [1.29, 1.82) is 0 Å². The Balaban J connectivity index is 0.000000323. The van der Waals surface area contributed by atoms with Gasteiger partial charge in [-0.1, -0.05) is 85.6 Å². The summed E-state index contributed by atoms with van der Waals surface area (Å²) in [6.07, 6.45) is 11.6. The molecule has 1 saturated carbocycles. The quantitative estimate of drug-likeness (QED) is 0.168. The predicted octanol–water partition coefficient (Wildman–Crippen LogP) is 7.76. The first-order valence-corrected chi connectivity index (χ1v) is 17.4. The molecule has 7 heteroatoms. The summed E-state index contributed by atoms with van der Waals surface area (Å²) >= 11 is 0. The van der Waals surface area contributed by atoms with E-state index in [1.165, 1.54) is 38.7 Å². The summed E-state index contributed by atoms with van der Waals surface area (Å²) in [5.74, 6) is 0. The molecule has 1 fully saturated rings. The van der Waals surface area contributed by atoms with Crippen molar-refractivity contribution in [2.45, 2.75) is 62.2 Å². The lowest BCUT2D eigenvalue weighted by Gasteiger charge is -2.43. The second-order valence-corrected chi connectivity index (χ2v) is 14.5. The molecular formula is C37H44N4O2S. The van der Waals surface area contributed by atoms with Gasteiger partial charge in [0.1, 0.15) is 0 Å². The number of aromatic nitrogens is 2. The lowest BCUT2D eigenvalue weighted by Crippen LogP contribution is -2.42. The Morgan fingerprint density at radius 2 is 1.59 bits per heavy atom. The lowest BCUT2D eigenvalue weighted by atomic mass is 9.75. The van der Waals surface area contributed by atoms with Crippen molar-refractivity contribution in [2.75, 3.05) is 20.6 Å². The smallest absolute Gasteiger partial charge is 0.214 e. The van der Waals surface area contributed by atoms with Crippen LogP contribution in [0.5, 0.6) is 0 Å². The van der Waals surface area contributed by atoms with E-state index in [2.05, 4.69) is 113 Å². The van der Waals surface area contributed by atoms with Crippen molar-refractivity contribution in [1.82, 2.24) is 19.6 Å². The highest BCUT2D eigenvalue weighted by Gasteiger charge is 2.36. The molecule has 0 bridgehead atoms. The molecule has 2 aliphatic rings. The van der Waals surface area contributed by atoms with Crippen molar-refractivity contribution in [3.8, 4) is 0 Å². The van der Waals surface area contributed by atoms with Gasteiger partial charge in [-0.3, -0.25) is 4.90 Å². The minimum absolute atomic E-state index is 0.00610. The van der Waals surface area contributed by atoms with Gasteiger partial charge in [-0.05, 0) is 92.9 Å². The molecule has 44 heavy (non-hydrogen) atoms. The van der Waals surface area contributed by atoms with Crippen LogP contribution >= 0.6 is 0 Å². The zero-order chi connectivity index (χ0) is 30.6. The third-order valence-corrected chi connectivity index (χ3v) is 11.6. The van der Waals surface area contributed by atoms with Crippen LogP contribution in [0.4, 0.5) is 0 Å². The zero-order valence-corrected chi connectivity index (χ0v) is 26.7. The zero-order valence-electron chi connectivity index (χ0n) is 25.9. The minimum atomic E-state index is -3.24. The normalized spacial score (nSPS) is 19.3. The highest BCUT2D eigenvalue weighted by atomic mass is 32.2. The van der Waals surface area contributed by atoms with Gasteiger partial charge in [0.05, 0.1) is 5.25 Å². The van der Waals surface area contributed by atoms with Gasteiger partial charge in [0.2, 0.25) is 10.0 Å².